The summed E-state index contributed by atoms with van der Waals surface area (Å²) >= 11 is 6.14. The van der Waals surface area contributed by atoms with Crippen molar-refractivity contribution in [3.63, 3.8) is 0 Å². The molecule has 0 unspecified atom stereocenters. The second-order valence-electron chi connectivity index (χ2n) is 5.14. The van der Waals surface area contributed by atoms with Gasteiger partial charge in [0.15, 0.2) is 0 Å². The van der Waals surface area contributed by atoms with Gasteiger partial charge in [0.05, 0.1) is 0 Å². The molecular weight excluding hydrogens is 236 g/mol. The summed E-state index contributed by atoms with van der Waals surface area (Å²) in [4.78, 5) is 0. The van der Waals surface area contributed by atoms with Gasteiger partial charge in [-0.3, -0.25) is 0 Å². The molecule has 0 aromatic carbocycles. The molecule has 0 saturated carbocycles. The number of rotatable bonds is 8. The van der Waals surface area contributed by atoms with E-state index in [1.165, 1.54) is 63.5 Å². The summed E-state index contributed by atoms with van der Waals surface area (Å²) in [6.45, 7) is 3.23. The van der Waals surface area contributed by atoms with Gasteiger partial charge in [0.25, 0.3) is 0 Å². The smallest absolute Gasteiger partial charge is 0.207 e. The first-order valence-corrected chi connectivity index (χ1v) is 10.1. The van der Waals surface area contributed by atoms with Crippen molar-refractivity contribution in [1.29, 1.82) is 0 Å². The van der Waals surface area contributed by atoms with Crippen LogP contribution in [0.25, 0.3) is 0 Å². The Morgan fingerprint density at radius 2 is 1.69 bits per heavy atom. The van der Waals surface area contributed by atoms with Crippen LogP contribution < -0.4 is 0 Å². The summed E-state index contributed by atoms with van der Waals surface area (Å²) in [6, 6.07) is 2.62. The highest BCUT2D eigenvalue weighted by atomic mass is 35.5. The number of alkyl halides is 1. The Morgan fingerprint density at radius 1 is 1.00 bits per heavy atom. The van der Waals surface area contributed by atoms with E-state index in [0.717, 1.165) is 12.1 Å². The number of halogens is 1. The van der Waals surface area contributed by atoms with Gasteiger partial charge in [0.2, 0.25) is 8.32 Å². The molecule has 0 N–H and O–H groups in total. The molecule has 0 atom stereocenters. The first-order valence-electron chi connectivity index (χ1n) is 7.03. The van der Waals surface area contributed by atoms with Crippen LogP contribution in [0, 0.1) is 0 Å². The van der Waals surface area contributed by atoms with Gasteiger partial charge in [-0.15, -0.1) is 11.6 Å². The molecule has 0 bridgehead atoms. The Balaban J connectivity index is 2.08. The minimum Gasteiger partial charge on any atom is -0.416 e. The van der Waals surface area contributed by atoms with Gasteiger partial charge >= 0.3 is 0 Å². The fourth-order valence-corrected chi connectivity index (χ4v) is 6.79. The molecule has 0 spiro atoms. The second-order valence-corrected chi connectivity index (χ2v) is 9.86. The SMILES string of the molecule is CCCCCCCO[Si]1(CCl)CCCCC1. The van der Waals surface area contributed by atoms with Gasteiger partial charge in [-0.05, 0) is 18.5 Å². The van der Waals surface area contributed by atoms with Gasteiger partial charge < -0.3 is 4.43 Å². The highest BCUT2D eigenvalue weighted by Crippen LogP contribution is 2.30. The van der Waals surface area contributed by atoms with Crippen LogP contribution in [0.5, 0.6) is 0 Å². The van der Waals surface area contributed by atoms with Crippen molar-refractivity contribution >= 4 is 19.9 Å². The van der Waals surface area contributed by atoms with Crippen molar-refractivity contribution in [2.45, 2.75) is 70.4 Å². The van der Waals surface area contributed by atoms with Gasteiger partial charge in [0.1, 0.15) is 0 Å². The van der Waals surface area contributed by atoms with Crippen molar-refractivity contribution in [3.05, 3.63) is 0 Å². The van der Waals surface area contributed by atoms with E-state index in [1.54, 1.807) is 0 Å². The maximum atomic E-state index is 6.21. The van der Waals surface area contributed by atoms with E-state index in [2.05, 4.69) is 6.92 Å². The second kappa shape index (κ2) is 8.54. The van der Waals surface area contributed by atoms with Gasteiger partial charge in [0, 0.05) is 12.1 Å². The summed E-state index contributed by atoms with van der Waals surface area (Å²) in [5.74, 6) is 0. The molecule has 1 heterocycles. The zero-order valence-corrected chi connectivity index (χ0v) is 12.5. The van der Waals surface area contributed by atoms with Crippen molar-refractivity contribution in [2.75, 3.05) is 12.1 Å². The van der Waals surface area contributed by atoms with Gasteiger partial charge in [-0.1, -0.05) is 51.9 Å². The lowest BCUT2D eigenvalue weighted by atomic mass is 10.2. The zero-order chi connectivity index (χ0) is 11.7. The summed E-state index contributed by atoms with van der Waals surface area (Å²) in [5.41, 5.74) is 0.821. The standard InChI is InChI=1S/C13H27ClOSi/c1-2-3-4-5-7-10-15-16(13-14)11-8-6-9-12-16/h2-13H2,1H3. The monoisotopic (exact) mass is 262 g/mol. The van der Waals surface area contributed by atoms with Crippen LogP contribution in [-0.2, 0) is 4.43 Å². The Labute approximate surface area is 107 Å². The number of hydrogen-bond donors (Lipinski definition) is 0. The minimum absolute atomic E-state index is 0.821. The van der Waals surface area contributed by atoms with Crippen LogP contribution in [0.2, 0.25) is 12.1 Å². The van der Waals surface area contributed by atoms with Crippen molar-refractivity contribution < 1.29 is 4.43 Å². The van der Waals surface area contributed by atoms with Gasteiger partial charge in [-0.2, -0.15) is 0 Å². The molecular formula is C13H27ClOSi. The van der Waals surface area contributed by atoms with E-state index in [4.69, 9.17) is 16.0 Å². The van der Waals surface area contributed by atoms with Crippen molar-refractivity contribution in [1.82, 2.24) is 0 Å². The van der Waals surface area contributed by atoms with Gasteiger partial charge in [-0.25, -0.2) is 0 Å². The largest absolute Gasteiger partial charge is 0.416 e. The predicted molar refractivity (Wildman–Crippen MR) is 74.7 cm³/mol. The van der Waals surface area contributed by atoms with E-state index >= 15 is 0 Å². The van der Waals surface area contributed by atoms with Crippen LogP contribution in [0.3, 0.4) is 0 Å². The maximum absolute atomic E-state index is 6.21. The zero-order valence-electron chi connectivity index (χ0n) is 10.8. The molecule has 0 aromatic heterocycles. The predicted octanol–water partition coefficient (Wildman–Crippen LogP) is 4.88. The molecule has 16 heavy (non-hydrogen) atoms. The first-order chi connectivity index (χ1) is 7.83. The summed E-state index contributed by atoms with van der Waals surface area (Å²) in [5, 5.41) is 0. The third-order valence-electron chi connectivity index (χ3n) is 3.66. The minimum atomic E-state index is -1.46. The molecule has 96 valence electrons. The normalized spacial score (nSPS) is 19.9. The van der Waals surface area contributed by atoms with Crippen molar-refractivity contribution in [2.24, 2.45) is 0 Å². The molecule has 1 aliphatic heterocycles. The fraction of sp³-hybridized carbons (Fsp3) is 1.00. The van der Waals surface area contributed by atoms with E-state index in [-0.39, 0.29) is 0 Å². The lowest BCUT2D eigenvalue weighted by molar-refractivity contribution is 0.283. The van der Waals surface area contributed by atoms with Crippen LogP contribution in [0.15, 0.2) is 0 Å². The third kappa shape index (κ3) is 5.20. The van der Waals surface area contributed by atoms with E-state index in [0.29, 0.717) is 0 Å². The van der Waals surface area contributed by atoms with E-state index in [1.807, 2.05) is 0 Å². The first kappa shape index (κ1) is 14.5. The van der Waals surface area contributed by atoms with E-state index < -0.39 is 8.32 Å². The van der Waals surface area contributed by atoms with Crippen LogP contribution in [-0.4, -0.2) is 20.4 Å². The quantitative estimate of drug-likeness (QED) is 0.344. The van der Waals surface area contributed by atoms with Crippen LogP contribution in [0.4, 0.5) is 0 Å². The topological polar surface area (TPSA) is 9.23 Å². The molecule has 3 heteroatoms. The average Bonchev–Trinajstić information content (AvgIpc) is 2.35. The molecule has 0 amide bonds. The molecule has 1 fully saturated rings. The molecule has 0 aliphatic carbocycles. The molecule has 1 aliphatic rings. The highest BCUT2D eigenvalue weighted by molar-refractivity contribution is 6.80. The molecule has 0 radical (unpaired) electrons. The van der Waals surface area contributed by atoms with Crippen LogP contribution >= 0.6 is 11.6 Å². The molecule has 1 saturated heterocycles. The molecule has 1 nitrogen and oxygen atoms in total. The fourth-order valence-electron chi connectivity index (χ4n) is 2.51. The summed E-state index contributed by atoms with van der Waals surface area (Å²) < 4.78 is 6.21. The Bertz CT molecular complexity index is 169. The van der Waals surface area contributed by atoms with Crippen LogP contribution in [0.1, 0.15) is 58.3 Å². The molecule has 0 aromatic rings. The summed E-state index contributed by atoms with van der Waals surface area (Å²) in [7, 11) is -1.46. The summed E-state index contributed by atoms with van der Waals surface area (Å²) in [6.07, 6.45) is 10.7. The number of unbranched alkanes of at least 4 members (excludes halogenated alkanes) is 4. The Hall–Kier alpha value is 0.467. The van der Waals surface area contributed by atoms with E-state index in [9.17, 15) is 0 Å². The molecule has 1 rings (SSSR count). The Kier molecular flexibility index (Phi) is 7.76. The highest BCUT2D eigenvalue weighted by Gasteiger charge is 2.35. The van der Waals surface area contributed by atoms with Crippen molar-refractivity contribution in [3.8, 4) is 0 Å². The average molecular weight is 263 g/mol. The lowest BCUT2D eigenvalue weighted by Crippen LogP contribution is -2.43. The Morgan fingerprint density at radius 3 is 2.31 bits per heavy atom. The lowest BCUT2D eigenvalue weighted by Gasteiger charge is -2.33. The maximum Gasteiger partial charge on any atom is 0.207 e. The number of hydrogen-bond acceptors (Lipinski definition) is 1. The third-order valence-corrected chi connectivity index (χ3v) is 8.96.